The zero-order valence-electron chi connectivity index (χ0n) is 16.7. The molecular weight excluding hydrogens is 370 g/mol. The van der Waals surface area contributed by atoms with Crippen molar-refractivity contribution in [2.75, 3.05) is 33.3 Å². The largest absolute Gasteiger partial charge is 0.497 e. The van der Waals surface area contributed by atoms with Gasteiger partial charge in [-0.05, 0) is 62.1 Å². The number of carbonyl (C=O) groups excluding carboxylic acids is 2. The summed E-state index contributed by atoms with van der Waals surface area (Å²) in [6.07, 6.45) is 3.72. The molecule has 4 rings (SSSR count). The Hall–Kier alpha value is -2.96. The monoisotopic (exact) mass is 397 g/mol. The highest BCUT2D eigenvalue weighted by atomic mass is 16.5. The van der Waals surface area contributed by atoms with Crippen LogP contribution in [-0.2, 0) is 0 Å². The third-order valence-corrected chi connectivity index (χ3v) is 5.68. The number of ether oxygens (including phenoxy) is 1. The summed E-state index contributed by atoms with van der Waals surface area (Å²) in [6.45, 7) is 3.08. The van der Waals surface area contributed by atoms with Crippen LogP contribution in [0.2, 0.25) is 0 Å². The molecule has 1 aromatic carbocycles. The molecule has 3 amide bonds. The van der Waals surface area contributed by atoms with Gasteiger partial charge in [0.05, 0.1) is 7.11 Å². The first-order valence-electron chi connectivity index (χ1n) is 10.2. The lowest BCUT2D eigenvalue weighted by atomic mass is 10.1. The van der Waals surface area contributed by atoms with Gasteiger partial charge in [0.2, 0.25) is 0 Å². The van der Waals surface area contributed by atoms with Gasteiger partial charge in [0.1, 0.15) is 11.5 Å². The molecule has 1 aromatic heterocycles. The maximum Gasteiger partial charge on any atom is 0.319 e. The van der Waals surface area contributed by atoms with Gasteiger partial charge in [0.25, 0.3) is 5.91 Å². The third kappa shape index (κ3) is 4.39. The van der Waals surface area contributed by atoms with Crippen LogP contribution in [0.1, 0.15) is 36.2 Å². The van der Waals surface area contributed by atoms with E-state index < -0.39 is 0 Å². The number of likely N-dealkylation sites (tertiary alicyclic amines) is 2. The van der Waals surface area contributed by atoms with E-state index in [4.69, 9.17) is 9.15 Å². The summed E-state index contributed by atoms with van der Waals surface area (Å²) in [7, 11) is 1.62. The Morgan fingerprint density at radius 1 is 0.966 bits per heavy atom. The molecule has 0 saturated carbocycles. The Labute approximate surface area is 170 Å². The molecule has 3 heterocycles. The van der Waals surface area contributed by atoms with E-state index in [-0.39, 0.29) is 18.0 Å². The van der Waals surface area contributed by atoms with Crippen molar-refractivity contribution in [3.8, 4) is 17.1 Å². The number of urea groups is 1. The first-order valence-corrected chi connectivity index (χ1v) is 10.2. The molecule has 154 valence electrons. The topological polar surface area (TPSA) is 75.0 Å². The molecule has 2 aromatic rings. The normalized spacial score (nSPS) is 17.4. The number of furan rings is 1. The summed E-state index contributed by atoms with van der Waals surface area (Å²) < 4.78 is 10.9. The molecule has 0 bridgehead atoms. The summed E-state index contributed by atoms with van der Waals surface area (Å²) in [5.41, 5.74) is 0.888. The fraction of sp³-hybridized carbons (Fsp3) is 0.455. The number of nitrogens with zero attached hydrogens (tertiary/aromatic N) is 2. The number of rotatable bonds is 4. The lowest BCUT2D eigenvalue weighted by Gasteiger charge is -2.34. The van der Waals surface area contributed by atoms with E-state index in [9.17, 15) is 9.59 Å². The summed E-state index contributed by atoms with van der Waals surface area (Å²) >= 11 is 0. The molecule has 0 spiro atoms. The molecule has 2 saturated heterocycles. The van der Waals surface area contributed by atoms with Crippen molar-refractivity contribution in [1.29, 1.82) is 0 Å². The van der Waals surface area contributed by atoms with Crippen molar-refractivity contribution in [2.45, 2.75) is 31.7 Å². The molecule has 0 radical (unpaired) electrons. The molecule has 1 N–H and O–H groups in total. The summed E-state index contributed by atoms with van der Waals surface area (Å²) in [5, 5.41) is 3.04. The van der Waals surface area contributed by atoms with Crippen LogP contribution in [-0.4, -0.2) is 61.1 Å². The van der Waals surface area contributed by atoms with Crippen LogP contribution in [0, 0.1) is 0 Å². The van der Waals surface area contributed by atoms with Gasteiger partial charge >= 0.3 is 6.03 Å². The Bertz CT molecular complexity index is 847. The van der Waals surface area contributed by atoms with Crippen molar-refractivity contribution < 1.29 is 18.7 Å². The Morgan fingerprint density at radius 3 is 2.28 bits per heavy atom. The van der Waals surface area contributed by atoms with E-state index in [0.717, 1.165) is 50.1 Å². The zero-order valence-corrected chi connectivity index (χ0v) is 16.7. The predicted octanol–water partition coefficient (Wildman–Crippen LogP) is 3.37. The van der Waals surface area contributed by atoms with Crippen LogP contribution < -0.4 is 10.1 Å². The van der Waals surface area contributed by atoms with E-state index >= 15 is 0 Å². The molecule has 0 aliphatic carbocycles. The highest BCUT2D eigenvalue weighted by molar-refractivity contribution is 5.92. The maximum atomic E-state index is 12.6. The minimum Gasteiger partial charge on any atom is -0.497 e. The van der Waals surface area contributed by atoms with E-state index in [0.29, 0.717) is 24.6 Å². The number of amides is 3. The SMILES string of the molecule is COc1ccc(-c2ccc(C(=O)NC3CCN(C(=O)N4CCCC4)CC3)o2)cc1. The summed E-state index contributed by atoms with van der Waals surface area (Å²) in [5.74, 6) is 1.50. The highest BCUT2D eigenvalue weighted by Crippen LogP contribution is 2.25. The van der Waals surface area contributed by atoms with Crippen molar-refractivity contribution in [1.82, 2.24) is 15.1 Å². The molecule has 0 atom stereocenters. The highest BCUT2D eigenvalue weighted by Gasteiger charge is 2.28. The van der Waals surface area contributed by atoms with Gasteiger partial charge in [-0.15, -0.1) is 0 Å². The molecule has 7 nitrogen and oxygen atoms in total. The Kier molecular flexibility index (Phi) is 5.74. The number of carbonyl (C=O) groups is 2. The van der Waals surface area contributed by atoms with Crippen molar-refractivity contribution in [2.24, 2.45) is 0 Å². The van der Waals surface area contributed by atoms with Crippen LogP contribution in [0.5, 0.6) is 5.75 Å². The number of benzene rings is 1. The van der Waals surface area contributed by atoms with E-state index in [2.05, 4.69) is 5.32 Å². The number of nitrogens with one attached hydrogen (secondary N) is 1. The minimum atomic E-state index is -0.214. The predicted molar refractivity (Wildman–Crippen MR) is 109 cm³/mol. The fourth-order valence-corrected chi connectivity index (χ4v) is 3.95. The fourth-order valence-electron chi connectivity index (χ4n) is 3.95. The van der Waals surface area contributed by atoms with E-state index in [1.165, 1.54) is 0 Å². The second-order valence-corrected chi connectivity index (χ2v) is 7.60. The molecule has 2 aliphatic rings. The van der Waals surface area contributed by atoms with Gasteiger partial charge in [-0.2, -0.15) is 0 Å². The smallest absolute Gasteiger partial charge is 0.319 e. The van der Waals surface area contributed by atoms with Gasteiger partial charge in [0.15, 0.2) is 5.76 Å². The third-order valence-electron chi connectivity index (χ3n) is 5.68. The number of hydrogen-bond acceptors (Lipinski definition) is 4. The lowest BCUT2D eigenvalue weighted by molar-refractivity contribution is 0.0885. The average molecular weight is 397 g/mol. The van der Waals surface area contributed by atoms with Crippen molar-refractivity contribution in [3.05, 3.63) is 42.2 Å². The first-order chi connectivity index (χ1) is 14.1. The van der Waals surface area contributed by atoms with Gasteiger partial charge in [-0.3, -0.25) is 4.79 Å². The van der Waals surface area contributed by atoms with Crippen molar-refractivity contribution in [3.63, 3.8) is 0 Å². The molecule has 29 heavy (non-hydrogen) atoms. The number of piperidine rings is 1. The van der Waals surface area contributed by atoms with Gasteiger partial charge in [-0.25, -0.2) is 4.79 Å². The lowest BCUT2D eigenvalue weighted by Crippen LogP contribution is -2.50. The summed E-state index contributed by atoms with van der Waals surface area (Å²) in [6, 6.07) is 11.2. The number of methoxy groups -OCH3 is 1. The van der Waals surface area contributed by atoms with Crippen LogP contribution >= 0.6 is 0 Å². The molecule has 2 fully saturated rings. The molecule has 0 unspecified atom stereocenters. The van der Waals surface area contributed by atoms with Crippen molar-refractivity contribution >= 4 is 11.9 Å². The first kappa shape index (κ1) is 19.4. The maximum absolute atomic E-state index is 12.6. The van der Waals surface area contributed by atoms with E-state index in [1.54, 1.807) is 19.2 Å². The number of hydrogen-bond donors (Lipinski definition) is 1. The molecular formula is C22H27N3O4. The molecule has 2 aliphatic heterocycles. The van der Waals surface area contributed by atoms with Gasteiger partial charge in [0, 0.05) is 37.8 Å². The van der Waals surface area contributed by atoms with Crippen LogP contribution in [0.15, 0.2) is 40.8 Å². The average Bonchev–Trinajstić information content (AvgIpc) is 3.46. The van der Waals surface area contributed by atoms with Crippen LogP contribution in [0.3, 0.4) is 0 Å². The van der Waals surface area contributed by atoms with Crippen LogP contribution in [0.25, 0.3) is 11.3 Å². The standard InChI is InChI=1S/C22H27N3O4/c1-28-18-6-4-16(5-7-18)19-8-9-20(29-19)21(26)23-17-10-14-25(15-11-17)22(27)24-12-2-3-13-24/h4-9,17H,2-3,10-15H2,1H3,(H,23,26). The van der Waals surface area contributed by atoms with Gasteiger partial charge in [-0.1, -0.05) is 0 Å². The zero-order chi connectivity index (χ0) is 20.2. The second kappa shape index (κ2) is 8.59. The molecule has 7 heteroatoms. The minimum absolute atomic E-state index is 0.0552. The summed E-state index contributed by atoms with van der Waals surface area (Å²) in [4.78, 5) is 28.9. The van der Waals surface area contributed by atoms with E-state index in [1.807, 2.05) is 34.1 Å². The Balaban J connectivity index is 1.30. The Morgan fingerprint density at radius 2 is 1.62 bits per heavy atom. The van der Waals surface area contributed by atoms with Crippen LogP contribution in [0.4, 0.5) is 4.79 Å². The quantitative estimate of drug-likeness (QED) is 0.858. The van der Waals surface area contributed by atoms with Gasteiger partial charge < -0.3 is 24.3 Å². The second-order valence-electron chi connectivity index (χ2n) is 7.60.